The molecule has 0 radical (unpaired) electrons. The number of ketones is 1. The largest absolute Gasteiger partial charge is 0.300 e. The van der Waals surface area contributed by atoms with Crippen molar-refractivity contribution in [2.45, 2.75) is 33.1 Å². The molecule has 1 fully saturated rings. The molecule has 2 atom stereocenters. The van der Waals surface area contributed by atoms with E-state index in [0.717, 1.165) is 6.42 Å². The van der Waals surface area contributed by atoms with Gasteiger partial charge in [0.25, 0.3) is 0 Å². The van der Waals surface area contributed by atoms with Crippen LogP contribution in [0, 0.1) is 5.92 Å². The first-order chi connectivity index (χ1) is 6.79. The van der Waals surface area contributed by atoms with Crippen LogP contribution in [0.4, 0.5) is 0 Å². The van der Waals surface area contributed by atoms with Crippen molar-refractivity contribution in [1.82, 2.24) is 0 Å². The highest BCUT2D eigenvalue weighted by Gasteiger charge is 2.41. The number of benzene rings is 1. The summed E-state index contributed by atoms with van der Waals surface area (Å²) in [5.74, 6) is 1.17. The van der Waals surface area contributed by atoms with Gasteiger partial charge in [-0.15, -0.1) is 0 Å². The molecule has 0 aromatic heterocycles. The zero-order valence-corrected chi connectivity index (χ0v) is 9.16. The van der Waals surface area contributed by atoms with Crippen LogP contribution in [-0.2, 0) is 4.79 Å². The predicted molar refractivity (Wildman–Crippen MR) is 59.3 cm³/mol. The van der Waals surface area contributed by atoms with E-state index in [1.54, 1.807) is 6.92 Å². The van der Waals surface area contributed by atoms with Crippen molar-refractivity contribution >= 4 is 5.78 Å². The van der Waals surface area contributed by atoms with Crippen LogP contribution in [0.25, 0.3) is 0 Å². The molecule has 1 aliphatic carbocycles. The first-order valence-electron chi connectivity index (χ1n) is 5.34. The molecule has 0 heterocycles. The van der Waals surface area contributed by atoms with Gasteiger partial charge in [0.05, 0.1) is 0 Å². The highest BCUT2D eigenvalue weighted by molar-refractivity contribution is 5.82. The lowest BCUT2D eigenvalue weighted by Crippen LogP contribution is -1.94. The van der Waals surface area contributed by atoms with E-state index in [2.05, 4.69) is 12.1 Å². The summed E-state index contributed by atoms with van der Waals surface area (Å²) in [5, 5.41) is 0. The molecule has 1 saturated carbocycles. The second kappa shape index (κ2) is 4.94. The van der Waals surface area contributed by atoms with Gasteiger partial charge in [-0.2, -0.15) is 0 Å². The van der Waals surface area contributed by atoms with Gasteiger partial charge >= 0.3 is 0 Å². The summed E-state index contributed by atoms with van der Waals surface area (Å²) < 4.78 is 0. The highest BCUT2D eigenvalue weighted by atomic mass is 16.1. The smallest absolute Gasteiger partial charge is 0.133 e. The minimum Gasteiger partial charge on any atom is -0.300 e. The third kappa shape index (κ3) is 2.44. The molecule has 1 nitrogen and oxygen atoms in total. The second-order valence-corrected chi connectivity index (χ2v) is 3.47. The molecular formula is C13H18O. The third-order valence-corrected chi connectivity index (χ3v) is 2.54. The normalized spacial score (nSPS) is 23.4. The van der Waals surface area contributed by atoms with Crippen molar-refractivity contribution in [3.05, 3.63) is 35.9 Å². The molecule has 1 heteroatoms. The Labute approximate surface area is 86.1 Å². The predicted octanol–water partition coefficient (Wildman–Crippen LogP) is 3.41. The van der Waals surface area contributed by atoms with E-state index in [-0.39, 0.29) is 0 Å². The lowest BCUT2D eigenvalue weighted by molar-refractivity contribution is -0.118. The van der Waals surface area contributed by atoms with Gasteiger partial charge in [0, 0.05) is 5.92 Å². The zero-order chi connectivity index (χ0) is 10.6. The molecule has 0 bridgehead atoms. The van der Waals surface area contributed by atoms with Gasteiger partial charge in [0.1, 0.15) is 5.78 Å². The molecule has 1 aromatic rings. The average molecular weight is 190 g/mol. The molecule has 0 amide bonds. The Morgan fingerprint density at radius 2 is 1.79 bits per heavy atom. The molecule has 0 saturated heterocycles. The number of rotatable bonds is 2. The first kappa shape index (κ1) is 11.0. The van der Waals surface area contributed by atoms with E-state index in [4.69, 9.17) is 0 Å². The SMILES string of the molecule is CC.CC(=O)C1CC1c1ccccc1. The van der Waals surface area contributed by atoms with E-state index in [9.17, 15) is 4.79 Å². The summed E-state index contributed by atoms with van der Waals surface area (Å²) >= 11 is 0. The van der Waals surface area contributed by atoms with E-state index in [1.807, 2.05) is 32.0 Å². The molecule has 2 rings (SSSR count). The Morgan fingerprint density at radius 3 is 2.21 bits per heavy atom. The third-order valence-electron chi connectivity index (χ3n) is 2.54. The zero-order valence-electron chi connectivity index (χ0n) is 9.16. The van der Waals surface area contributed by atoms with Gasteiger partial charge in [0.15, 0.2) is 0 Å². The van der Waals surface area contributed by atoms with Crippen LogP contribution in [0.1, 0.15) is 38.7 Å². The fourth-order valence-corrected chi connectivity index (χ4v) is 1.71. The van der Waals surface area contributed by atoms with Gasteiger partial charge in [0.2, 0.25) is 0 Å². The second-order valence-electron chi connectivity index (χ2n) is 3.47. The van der Waals surface area contributed by atoms with Crippen LogP contribution in [0.5, 0.6) is 0 Å². The van der Waals surface area contributed by atoms with E-state index < -0.39 is 0 Å². The van der Waals surface area contributed by atoms with Crippen LogP contribution in [0.3, 0.4) is 0 Å². The lowest BCUT2D eigenvalue weighted by atomic mass is 10.1. The van der Waals surface area contributed by atoms with E-state index in [1.165, 1.54) is 5.56 Å². The molecule has 1 aromatic carbocycles. The number of carbonyl (C=O) groups is 1. The minimum absolute atomic E-state index is 0.312. The summed E-state index contributed by atoms with van der Waals surface area (Å²) in [5.41, 5.74) is 1.32. The van der Waals surface area contributed by atoms with Gasteiger partial charge in [-0.05, 0) is 24.8 Å². The van der Waals surface area contributed by atoms with E-state index in [0.29, 0.717) is 17.6 Å². The van der Waals surface area contributed by atoms with Gasteiger partial charge in [-0.1, -0.05) is 44.2 Å². The molecule has 0 aliphatic heterocycles. The minimum atomic E-state index is 0.312. The molecule has 76 valence electrons. The van der Waals surface area contributed by atoms with Gasteiger partial charge < -0.3 is 0 Å². The maximum absolute atomic E-state index is 11.0. The van der Waals surface area contributed by atoms with Gasteiger partial charge in [-0.3, -0.25) is 4.79 Å². The summed E-state index contributed by atoms with van der Waals surface area (Å²) in [6.45, 7) is 5.69. The number of carbonyl (C=O) groups excluding carboxylic acids is 1. The van der Waals surface area contributed by atoms with Gasteiger partial charge in [-0.25, -0.2) is 0 Å². The fraction of sp³-hybridized carbons (Fsp3) is 0.462. The standard InChI is InChI=1S/C11H12O.C2H6/c1-8(12)10-7-11(10)9-5-3-2-4-6-9;1-2/h2-6,10-11H,7H2,1H3;1-2H3. The van der Waals surface area contributed by atoms with Crippen molar-refractivity contribution in [2.24, 2.45) is 5.92 Å². The fourth-order valence-electron chi connectivity index (χ4n) is 1.71. The Bertz CT molecular complexity index is 289. The Balaban J connectivity index is 0.000000461. The summed E-state index contributed by atoms with van der Waals surface area (Å²) in [4.78, 5) is 11.0. The lowest BCUT2D eigenvalue weighted by Gasteiger charge is -1.96. The van der Waals surface area contributed by atoms with Crippen molar-refractivity contribution in [2.75, 3.05) is 0 Å². The van der Waals surface area contributed by atoms with Crippen LogP contribution >= 0.6 is 0 Å². The Kier molecular flexibility index (Phi) is 3.87. The monoisotopic (exact) mass is 190 g/mol. The topological polar surface area (TPSA) is 17.1 Å². The highest BCUT2D eigenvalue weighted by Crippen LogP contribution is 2.47. The van der Waals surface area contributed by atoms with Crippen molar-refractivity contribution < 1.29 is 4.79 Å². The summed E-state index contributed by atoms with van der Waals surface area (Å²) in [7, 11) is 0. The maximum Gasteiger partial charge on any atom is 0.133 e. The quantitative estimate of drug-likeness (QED) is 0.698. The van der Waals surface area contributed by atoms with E-state index >= 15 is 0 Å². The Hall–Kier alpha value is -1.11. The first-order valence-corrected chi connectivity index (χ1v) is 5.34. The van der Waals surface area contributed by atoms with Crippen LogP contribution in [-0.4, -0.2) is 5.78 Å². The molecule has 14 heavy (non-hydrogen) atoms. The molecular weight excluding hydrogens is 172 g/mol. The molecule has 2 unspecified atom stereocenters. The molecule has 0 N–H and O–H groups in total. The van der Waals surface area contributed by atoms with Crippen LogP contribution in [0.15, 0.2) is 30.3 Å². The summed E-state index contributed by atoms with van der Waals surface area (Å²) in [6, 6.07) is 10.3. The number of Topliss-reactive ketones (excluding diaryl/α,β-unsaturated/α-hetero) is 1. The van der Waals surface area contributed by atoms with Crippen LogP contribution < -0.4 is 0 Å². The Morgan fingerprint density at radius 1 is 1.21 bits per heavy atom. The van der Waals surface area contributed by atoms with Crippen LogP contribution in [0.2, 0.25) is 0 Å². The number of hydrogen-bond donors (Lipinski definition) is 0. The molecule has 1 aliphatic rings. The summed E-state index contributed by atoms with van der Waals surface area (Å²) in [6.07, 6.45) is 1.05. The molecule has 0 spiro atoms. The van der Waals surface area contributed by atoms with Crippen molar-refractivity contribution in [3.63, 3.8) is 0 Å². The average Bonchev–Trinajstić information content (AvgIpc) is 3.02. The number of hydrogen-bond acceptors (Lipinski definition) is 1. The van der Waals surface area contributed by atoms with Crippen molar-refractivity contribution in [1.29, 1.82) is 0 Å². The van der Waals surface area contributed by atoms with Crippen molar-refractivity contribution in [3.8, 4) is 0 Å². The maximum atomic E-state index is 11.0.